The van der Waals surface area contributed by atoms with Crippen LogP contribution in [0.15, 0.2) is 30.3 Å². The van der Waals surface area contributed by atoms with Crippen molar-refractivity contribution in [2.24, 2.45) is 0 Å². The van der Waals surface area contributed by atoms with Gasteiger partial charge in [0.05, 0.1) is 6.10 Å². The molecule has 1 saturated heterocycles. The standard InChI is InChI=1S/C12H14N2O3S/c15-9-6-10(11(16)17)14(7-9)12(18)13-8-4-2-1-3-5-8/h1-5,9-10,15H,6-7H2,(H,13,18)(H,16,17)/t9-,10?/m1/s1. The van der Waals surface area contributed by atoms with Gasteiger partial charge in [-0.05, 0) is 24.4 Å². The molecule has 1 fully saturated rings. The van der Waals surface area contributed by atoms with Crippen molar-refractivity contribution in [3.63, 3.8) is 0 Å². The zero-order valence-electron chi connectivity index (χ0n) is 9.61. The molecule has 1 aliphatic rings. The molecule has 0 bridgehead atoms. The first kappa shape index (κ1) is 12.8. The van der Waals surface area contributed by atoms with E-state index in [-0.39, 0.29) is 13.0 Å². The molecule has 0 spiro atoms. The lowest BCUT2D eigenvalue weighted by Crippen LogP contribution is -2.42. The summed E-state index contributed by atoms with van der Waals surface area (Å²) in [4.78, 5) is 12.6. The number of hydrogen-bond acceptors (Lipinski definition) is 3. The maximum atomic E-state index is 11.1. The van der Waals surface area contributed by atoms with Crippen LogP contribution in [-0.4, -0.2) is 44.9 Å². The van der Waals surface area contributed by atoms with Crippen molar-refractivity contribution in [2.75, 3.05) is 11.9 Å². The minimum atomic E-state index is -0.969. The lowest BCUT2D eigenvalue weighted by Gasteiger charge is -2.24. The van der Waals surface area contributed by atoms with Gasteiger partial charge in [-0.3, -0.25) is 0 Å². The smallest absolute Gasteiger partial charge is 0.326 e. The molecule has 5 nitrogen and oxygen atoms in total. The Balaban J connectivity index is 2.06. The Morgan fingerprint density at radius 1 is 1.39 bits per heavy atom. The fraction of sp³-hybridized carbons (Fsp3) is 0.333. The second-order valence-corrected chi connectivity index (χ2v) is 4.58. The molecular weight excluding hydrogens is 252 g/mol. The van der Waals surface area contributed by atoms with E-state index in [1.807, 2.05) is 30.3 Å². The third-order valence-electron chi connectivity index (χ3n) is 2.85. The fourth-order valence-electron chi connectivity index (χ4n) is 1.99. The lowest BCUT2D eigenvalue weighted by atomic mass is 10.2. The predicted octanol–water partition coefficient (Wildman–Crippen LogP) is 0.903. The number of carboxylic acids is 1. The molecular formula is C12H14N2O3S. The van der Waals surface area contributed by atoms with Crippen LogP contribution in [0, 0.1) is 0 Å². The number of anilines is 1. The van der Waals surface area contributed by atoms with Crippen molar-refractivity contribution in [1.29, 1.82) is 0 Å². The van der Waals surface area contributed by atoms with Crippen LogP contribution in [0.4, 0.5) is 5.69 Å². The normalized spacial score (nSPS) is 22.8. The molecule has 6 heteroatoms. The first-order valence-electron chi connectivity index (χ1n) is 5.61. The zero-order chi connectivity index (χ0) is 13.1. The number of likely N-dealkylation sites (tertiary alicyclic amines) is 1. The van der Waals surface area contributed by atoms with Crippen LogP contribution < -0.4 is 5.32 Å². The van der Waals surface area contributed by atoms with Crippen molar-refractivity contribution in [3.8, 4) is 0 Å². The van der Waals surface area contributed by atoms with E-state index in [0.29, 0.717) is 5.11 Å². The van der Waals surface area contributed by atoms with Crippen LogP contribution in [0.5, 0.6) is 0 Å². The number of hydrogen-bond donors (Lipinski definition) is 3. The molecule has 1 aromatic rings. The monoisotopic (exact) mass is 266 g/mol. The number of carbonyl (C=O) groups is 1. The van der Waals surface area contributed by atoms with Gasteiger partial charge >= 0.3 is 5.97 Å². The first-order chi connectivity index (χ1) is 8.58. The minimum Gasteiger partial charge on any atom is -0.480 e. The van der Waals surface area contributed by atoms with Gasteiger partial charge in [0.2, 0.25) is 0 Å². The van der Waals surface area contributed by atoms with E-state index in [1.165, 1.54) is 4.90 Å². The molecule has 2 atom stereocenters. The van der Waals surface area contributed by atoms with Crippen LogP contribution in [0.25, 0.3) is 0 Å². The Kier molecular flexibility index (Phi) is 3.78. The number of thiocarbonyl (C=S) groups is 1. The molecule has 1 aromatic carbocycles. The highest BCUT2D eigenvalue weighted by Crippen LogP contribution is 2.19. The summed E-state index contributed by atoms with van der Waals surface area (Å²) in [7, 11) is 0. The van der Waals surface area contributed by atoms with Gasteiger partial charge in [-0.1, -0.05) is 18.2 Å². The summed E-state index contributed by atoms with van der Waals surface area (Å²) in [5.41, 5.74) is 0.799. The summed E-state index contributed by atoms with van der Waals surface area (Å²) in [6.45, 7) is 0.246. The van der Waals surface area contributed by atoms with Gasteiger partial charge in [0, 0.05) is 18.7 Å². The number of nitrogens with zero attached hydrogens (tertiary/aromatic N) is 1. The highest BCUT2D eigenvalue weighted by atomic mass is 32.1. The maximum Gasteiger partial charge on any atom is 0.326 e. The van der Waals surface area contributed by atoms with Gasteiger partial charge in [0.15, 0.2) is 5.11 Å². The second kappa shape index (κ2) is 5.32. The Hall–Kier alpha value is -1.66. The number of para-hydroxylation sites is 1. The highest BCUT2D eigenvalue weighted by molar-refractivity contribution is 7.80. The Morgan fingerprint density at radius 2 is 2.06 bits per heavy atom. The van der Waals surface area contributed by atoms with E-state index < -0.39 is 18.1 Å². The van der Waals surface area contributed by atoms with E-state index in [9.17, 15) is 9.90 Å². The molecule has 0 amide bonds. The highest BCUT2D eigenvalue weighted by Gasteiger charge is 2.37. The molecule has 2 rings (SSSR count). The first-order valence-corrected chi connectivity index (χ1v) is 6.02. The van der Waals surface area contributed by atoms with Crippen molar-refractivity contribution in [3.05, 3.63) is 30.3 Å². The molecule has 96 valence electrons. The summed E-state index contributed by atoms with van der Waals surface area (Å²) in [6, 6.07) is 8.53. The number of nitrogens with one attached hydrogen (secondary N) is 1. The molecule has 1 unspecified atom stereocenters. The summed E-state index contributed by atoms with van der Waals surface area (Å²) in [5, 5.41) is 21.9. The molecule has 0 aliphatic carbocycles. The molecule has 3 N–H and O–H groups in total. The SMILES string of the molecule is O=C(O)C1C[C@@H](O)CN1C(=S)Nc1ccccc1. The summed E-state index contributed by atoms with van der Waals surface area (Å²) >= 11 is 5.19. The Bertz CT molecular complexity index is 452. The van der Waals surface area contributed by atoms with E-state index in [0.717, 1.165) is 5.69 Å². The summed E-state index contributed by atoms with van der Waals surface area (Å²) < 4.78 is 0. The van der Waals surface area contributed by atoms with Gasteiger partial charge in [0.1, 0.15) is 6.04 Å². The molecule has 1 aliphatic heterocycles. The van der Waals surface area contributed by atoms with Crippen molar-refractivity contribution >= 4 is 29.0 Å². The van der Waals surface area contributed by atoms with Crippen molar-refractivity contribution < 1.29 is 15.0 Å². The predicted molar refractivity (Wildman–Crippen MR) is 71.4 cm³/mol. The van der Waals surface area contributed by atoms with E-state index >= 15 is 0 Å². The Labute approximate surface area is 110 Å². The topological polar surface area (TPSA) is 72.8 Å². The number of rotatable bonds is 2. The van der Waals surface area contributed by atoms with Crippen LogP contribution in [0.1, 0.15) is 6.42 Å². The van der Waals surface area contributed by atoms with E-state index in [4.69, 9.17) is 17.3 Å². The number of β-amino-alcohol motifs (C(OH)–C–C–N with tert-alkyl or cyclic N) is 1. The lowest BCUT2D eigenvalue weighted by molar-refractivity contribution is -0.140. The van der Waals surface area contributed by atoms with Crippen molar-refractivity contribution in [1.82, 2.24) is 4.90 Å². The number of aliphatic hydroxyl groups excluding tert-OH is 1. The average molecular weight is 266 g/mol. The van der Waals surface area contributed by atoms with E-state index in [2.05, 4.69) is 5.32 Å². The molecule has 0 radical (unpaired) electrons. The summed E-state index contributed by atoms with van der Waals surface area (Å²) in [5.74, 6) is -0.969. The number of carboxylic acid groups (broad SMARTS) is 1. The quantitative estimate of drug-likeness (QED) is 0.691. The van der Waals surface area contributed by atoms with Gasteiger partial charge in [-0.15, -0.1) is 0 Å². The molecule has 0 saturated carbocycles. The maximum absolute atomic E-state index is 11.1. The third kappa shape index (κ3) is 2.77. The van der Waals surface area contributed by atoms with Crippen LogP contribution in [0.3, 0.4) is 0 Å². The van der Waals surface area contributed by atoms with Crippen LogP contribution in [0.2, 0.25) is 0 Å². The van der Waals surface area contributed by atoms with Gasteiger partial charge < -0.3 is 20.4 Å². The number of benzene rings is 1. The van der Waals surface area contributed by atoms with Gasteiger partial charge in [-0.2, -0.15) is 0 Å². The molecule has 1 heterocycles. The second-order valence-electron chi connectivity index (χ2n) is 4.19. The van der Waals surface area contributed by atoms with Gasteiger partial charge in [-0.25, -0.2) is 4.79 Å². The Morgan fingerprint density at radius 3 is 2.67 bits per heavy atom. The average Bonchev–Trinajstić information content (AvgIpc) is 2.73. The fourth-order valence-corrected chi connectivity index (χ4v) is 2.31. The summed E-state index contributed by atoms with van der Waals surface area (Å²) in [6.07, 6.45) is -0.451. The molecule has 18 heavy (non-hydrogen) atoms. The van der Waals surface area contributed by atoms with Gasteiger partial charge in [0.25, 0.3) is 0 Å². The minimum absolute atomic E-state index is 0.200. The van der Waals surface area contributed by atoms with E-state index in [1.54, 1.807) is 0 Å². The van der Waals surface area contributed by atoms with Crippen molar-refractivity contribution in [2.45, 2.75) is 18.6 Å². The number of aliphatic hydroxyl groups is 1. The zero-order valence-corrected chi connectivity index (χ0v) is 10.4. The number of aliphatic carboxylic acids is 1. The molecule has 0 aromatic heterocycles. The van der Waals surface area contributed by atoms with Crippen LogP contribution >= 0.6 is 12.2 Å². The third-order valence-corrected chi connectivity index (χ3v) is 3.19. The van der Waals surface area contributed by atoms with Crippen LogP contribution in [-0.2, 0) is 4.79 Å². The largest absolute Gasteiger partial charge is 0.480 e.